The lowest BCUT2D eigenvalue weighted by molar-refractivity contribution is -0.141. The van der Waals surface area contributed by atoms with Crippen LogP contribution in [0, 0.1) is 6.92 Å². The minimum absolute atomic E-state index is 0.0682. The minimum atomic E-state index is -0.901. The maximum absolute atomic E-state index is 11.5. The molecule has 0 spiro atoms. The zero-order valence-corrected chi connectivity index (χ0v) is 13.1. The van der Waals surface area contributed by atoms with E-state index in [1.807, 2.05) is 0 Å². The van der Waals surface area contributed by atoms with Crippen LogP contribution in [0.15, 0.2) is 50.0 Å². The number of ether oxygens (including phenoxy) is 2. The molecule has 0 saturated heterocycles. The topological polar surface area (TPSA) is 137 Å². The molecule has 1 aromatic rings. The van der Waals surface area contributed by atoms with Crippen molar-refractivity contribution in [3.05, 3.63) is 58.5 Å². The lowest BCUT2D eigenvalue weighted by Crippen LogP contribution is -2.36. The molecule has 0 atom stereocenters. The van der Waals surface area contributed by atoms with Gasteiger partial charge in [0.15, 0.2) is 18.1 Å². The molecule has 1 aromatic heterocycles. The van der Waals surface area contributed by atoms with Gasteiger partial charge in [-0.3, -0.25) is 4.79 Å². The van der Waals surface area contributed by atoms with E-state index in [-0.39, 0.29) is 30.3 Å². The number of amides is 1. The van der Waals surface area contributed by atoms with Gasteiger partial charge in [0.05, 0.1) is 5.57 Å². The van der Waals surface area contributed by atoms with E-state index in [0.717, 1.165) is 12.2 Å². The first-order valence-corrected chi connectivity index (χ1v) is 6.92. The van der Waals surface area contributed by atoms with E-state index in [9.17, 15) is 19.2 Å². The van der Waals surface area contributed by atoms with Crippen molar-refractivity contribution in [2.45, 2.75) is 13.5 Å². The molecule has 0 radical (unpaired) electrons. The second-order valence-electron chi connectivity index (χ2n) is 4.73. The first-order chi connectivity index (χ1) is 11.8. The van der Waals surface area contributed by atoms with E-state index in [0.29, 0.717) is 5.82 Å². The van der Waals surface area contributed by atoms with Crippen LogP contribution in [0.2, 0.25) is 0 Å². The quantitative estimate of drug-likeness (QED) is 0.526. The van der Waals surface area contributed by atoms with Crippen LogP contribution in [0.3, 0.4) is 0 Å². The number of rotatable bonds is 6. The first-order valence-electron chi connectivity index (χ1n) is 6.92. The molecule has 0 unspecified atom stereocenters. The largest absolute Gasteiger partial charge is 0.519 e. The SMILES string of the molecule is C=C1NC=C(COC(=O)/C=C/C(=O)OCc2oc(=O)oc2C)C(=O)N1. The Balaban J connectivity index is 1.76. The van der Waals surface area contributed by atoms with Crippen molar-refractivity contribution in [2.75, 3.05) is 6.61 Å². The maximum atomic E-state index is 11.5. The molecule has 2 N–H and O–H groups in total. The van der Waals surface area contributed by atoms with Gasteiger partial charge in [-0.25, -0.2) is 14.4 Å². The Morgan fingerprint density at radius 2 is 1.80 bits per heavy atom. The Hall–Kier alpha value is -3.56. The van der Waals surface area contributed by atoms with Crippen LogP contribution in [-0.4, -0.2) is 24.5 Å². The van der Waals surface area contributed by atoms with E-state index in [1.165, 1.54) is 13.1 Å². The number of carbonyl (C=O) groups is 3. The van der Waals surface area contributed by atoms with Gasteiger partial charge in [-0.15, -0.1) is 0 Å². The number of hydrogen-bond donors (Lipinski definition) is 2. The van der Waals surface area contributed by atoms with E-state index in [1.54, 1.807) is 0 Å². The second kappa shape index (κ2) is 7.81. The number of carbonyl (C=O) groups excluding carboxylic acids is 3. The molecule has 0 aliphatic carbocycles. The van der Waals surface area contributed by atoms with Crippen molar-refractivity contribution in [3.63, 3.8) is 0 Å². The molecule has 0 saturated carbocycles. The van der Waals surface area contributed by atoms with Gasteiger partial charge in [0.25, 0.3) is 5.91 Å². The van der Waals surface area contributed by atoms with Gasteiger partial charge in [-0.1, -0.05) is 6.58 Å². The van der Waals surface area contributed by atoms with Gasteiger partial charge >= 0.3 is 17.8 Å². The molecule has 10 nitrogen and oxygen atoms in total. The first kappa shape index (κ1) is 17.8. The lowest BCUT2D eigenvalue weighted by atomic mass is 10.2. The van der Waals surface area contributed by atoms with Crippen molar-refractivity contribution in [1.82, 2.24) is 10.6 Å². The predicted octanol–water partition coefficient (Wildman–Crippen LogP) is -0.242. The monoisotopic (exact) mass is 350 g/mol. The fourth-order valence-electron chi connectivity index (χ4n) is 1.62. The van der Waals surface area contributed by atoms with Crippen LogP contribution in [0.4, 0.5) is 0 Å². The molecular formula is C15H14N2O8. The van der Waals surface area contributed by atoms with Gasteiger partial charge in [0, 0.05) is 18.4 Å². The average Bonchev–Trinajstić information content (AvgIpc) is 2.87. The van der Waals surface area contributed by atoms with Gasteiger partial charge in [0.2, 0.25) is 0 Å². The Bertz CT molecular complexity index is 827. The smallest absolute Gasteiger partial charge is 0.457 e. The van der Waals surface area contributed by atoms with E-state index < -0.39 is 23.7 Å². The molecule has 132 valence electrons. The van der Waals surface area contributed by atoms with Crippen LogP contribution in [0.1, 0.15) is 11.5 Å². The van der Waals surface area contributed by atoms with E-state index in [4.69, 9.17) is 9.47 Å². The van der Waals surface area contributed by atoms with Crippen molar-refractivity contribution in [1.29, 1.82) is 0 Å². The Morgan fingerprint density at radius 3 is 2.36 bits per heavy atom. The van der Waals surface area contributed by atoms with Gasteiger partial charge in [-0.05, 0) is 6.92 Å². The summed E-state index contributed by atoms with van der Waals surface area (Å²) in [6.45, 7) is 4.37. The van der Waals surface area contributed by atoms with Crippen LogP contribution >= 0.6 is 0 Å². The maximum Gasteiger partial charge on any atom is 0.519 e. The highest BCUT2D eigenvalue weighted by Gasteiger charge is 2.16. The summed E-state index contributed by atoms with van der Waals surface area (Å²) >= 11 is 0. The number of aryl methyl sites for hydroxylation is 1. The van der Waals surface area contributed by atoms with Crippen LogP contribution in [0.25, 0.3) is 0 Å². The minimum Gasteiger partial charge on any atom is -0.457 e. The molecule has 2 heterocycles. The summed E-state index contributed by atoms with van der Waals surface area (Å²) in [5.41, 5.74) is 0.183. The lowest BCUT2D eigenvalue weighted by Gasteiger charge is -2.16. The average molecular weight is 350 g/mol. The predicted molar refractivity (Wildman–Crippen MR) is 80.4 cm³/mol. The molecule has 2 rings (SSSR count). The third-order valence-corrected chi connectivity index (χ3v) is 2.88. The molecule has 1 aliphatic rings. The fourth-order valence-corrected chi connectivity index (χ4v) is 1.62. The standard InChI is InChI=1S/C15H14N2O8/c1-8-11(25-15(21)24-8)7-23-13(19)4-3-12(18)22-6-10-5-16-9(2)17-14(10)20/h3-5,16H,2,6-7H2,1H3,(H,17,20)/b4-3+. The Labute approximate surface area is 140 Å². The fraction of sp³-hybridized carbons (Fsp3) is 0.200. The molecule has 25 heavy (non-hydrogen) atoms. The molecule has 0 fully saturated rings. The van der Waals surface area contributed by atoms with Gasteiger partial charge in [0.1, 0.15) is 12.4 Å². The summed E-state index contributed by atoms with van der Waals surface area (Å²) in [6, 6.07) is 0. The van der Waals surface area contributed by atoms with Crippen molar-refractivity contribution < 1.29 is 32.7 Å². The van der Waals surface area contributed by atoms with Crippen LogP contribution in [-0.2, 0) is 30.5 Å². The van der Waals surface area contributed by atoms with Gasteiger partial charge < -0.3 is 28.9 Å². The Morgan fingerprint density at radius 1 is 1.16 bits per heavy atom. The molecular weight excluding hydrogens is 336 g/mol. The molecule has 1 amide bonds. The number of nitrogens with one attached hydrogen (secondary N) is 2. The van der Waals surface area contributed by atoms with Crippen molar-refractivity contribution in [3.8, 4) is 0 Å². The highest BCUT2D eigenvalue weighted by molar-refractivity contribution is 5.96. The number of esters is 2. The third-order valence-electron chi connectivity index (χ3n) is 2.88. The number of hydrogen-bond acceptors (Lipinski definition) is 9. The molecule has 0 aromatic carbocycles. The van der Waals surface area contributed by atoms with Crippen LogP contribution < -0.4 is 16.5 Å². The zero-order valence-electron chi connectivity index (χ0n) is 13.1. The summed E-state index contributed by atoms with van der Waals surface area (Å²) in [5.74, 6) is -2.48. The van der Waals surface area contributed by atoms with Gasteiger partial charge in [-0.2, -0.15) is 0 Å². The summed E-state index contributed by atoms with van der Waals surface area (Å²) in [4.78, 5) is 45.3. The van der Waals surface area contributed by atoms with Crippen LogP contribution in [0.5, 0.6) is 0 Å². The normalized spacial score (nSPS) is 13.9. The highest BCUT2D eigenvalue weighted by Crippen LogP contribution is 2.06. The second-order valence-corrected chi connectivity index (χ2v) is 4.73. The zero-order chi connectivity index (χ0) is 18.4. The van der Waals surface area contributed by atoms with Crippen molar-refractivity contribution in [2.24, 2.45) is 0 Å². The summed E-state index contributed by atoms with van der Waals surface area (Å²) in [5, 5.41) is 5.07. The highest BCUT2D eigenvalue weighted by atomic mass is 16.6. The molecule has 1 aliphatic heterocycles. The molecule has 10 heteroatoms. The molecule has 0 bridgehead atoms. The van der Waals surface area contributed by atoms with Crippen molar-refractivity contribution >= 4 is 17.8 Å². The Kier molecular flexibility index (Phi) is 5.56. The van der Waals surface area contributed by atoms with E-state index >= 15 is 0 Å². The summed E-state index contributed by atoms with van der Waals surface area (Å²) < 4.78 is 18.8. The summed E-state index contributed by atoms with van der Waals surface area (Å²) in [7, 11) is 0. The van der Waals surface area contributed by atoms with E-state index in [2.05, 4.69) is 26.0 Å². The third kappa shape index (κ3) is 5.23. The summed E-state index contributed by atoms with van der Waals surface area (Å²) in [6.07, 6.45) is 3.03.